The standard InChI is InChI=1S/C15H23N3O3/c1-10-8-13(11(2)21-10)15(20)17-12-4-6-18(7-5-12)9-14(19)16-3/h8,12H,4-7,9H2,1-3H3,(H,16,19)(H,17,20). The van der Waals surface area contributed by atoms with Crippen molar-refractivity contribution in [1.82, 2.24) is 15.5 Å². The molecule has 0 atom stereocenters. The Morgan fingerprint density at radius 3 is 2.52 bits per heavy atom. The minimum absolute atomic E-state index is 0.0296. The van der Waals surface area contributed by atoms with Gasteiger partial charge >= 0.3 is 0 Å². The Hall–Kier alpha value is -1.82. The van der Waals surface area contributed by atoms with Crippen molar-refractivity contribution in [3.63, 3.8) is 0 Å². The van der Waals surface area contributed by atoms with Crippen LogP contribution in [0.4, 0.5) is 0 Å². The number of likely N-dealkylation sites (tertiary alicyclic amines) is 1. The highest BCUT2D eigenvalue weighted by molar-refractivity contribution is 5.95. The fraction of sp³-hybridized carbons (Fsp3) is 0.600. The summed E-state index contributed by atoms with van der Waals surface area (Å²) in [4.78, 5) is 25.6. The van der Waals surface area contributed by atoms with E-state index in [1.54, 1.807) is 20.0 Å². The third kappa shape index (κ3) is 4.07. The first-order valence-electron chi connectivity index (χ1n) is 7.30. The minimum Gasteiger partial charge on any atom is -0.466 e. The molecule has 2 heterocycles. The lowest BCUT2D eigenvalue weighted by molar-refractivity contribution is -0.122. The highest BCUT2D eigenvalue weighted by Crippen LogP contribution is 2.15. The van der Waals surface area contributed by atoms with Crippen molar-refractivity contribution in [3.05, 3.63) is 23.2 Å². The molecule has 0 saturated carbocycles. The molecule has 1 aliphatic rings. The van der Waals surface area contributed by atoms with Crippen LogP contribution in [0.2, 0.25) is 0 Å². The van der Waals surface area contributed by atoms with Gasteiger partial charge in [0.15, 0.2) is 0 Å². The van der Waals surface area contributed by atoms with Crippen LogP contribution < -0.4 is 10.6 Å². The molecule has 0 bridgehead atoms. The summed E-state index contributed by atoms with van der Waals surface area (Å²) >= 11 is 0. The van der Waals surface area contributed by atoms with Crippen LogP contribution in [0, 0.1) is 13.8 Å². The number of hydrogen-bond acceptors (Lipinski definition) is 4. The number of amides is 2. The zero-order valence-corrected chi connectivity index (χ0v) is 12.9. The summed E-state index contributed by atoms with van der Waals surface area (Å²) in [5.74, 6) is 1.36. The number of hydrogen-bond donors (Lipinski definition) is 2. The number of furan rings is 1. The Labute approximate surface area is 124 Å². The van der Waals surface area contributed by atoms with Crippen LogP contribution in [-0.4, -0.2) is 49.4 Å². The second-order valence-electron chi connectivity index (χ2n) is 5.52. The van der Waals surface area contributed by atoms with Crippen molar-refractivity contribution in [3.8, 4) is 0 Å². The van der Waals surface area contributed by atoms with Gasteiger partial charge in [0.05, 0.1) is 12.1 Å². The molecule has 6 nitrogen and oxygen atoms in total. The van der Waals surface area contributed by atoms with Crippen molar-refractivity contribution in [2.45, 2.75) is 32.7 Å². The molecule has 0 aromatic carbocycles. The van der Waals surface area contributed by atoms with Crippen LogP contribution in [0.25, 0.3) is 0 Å². The molecule has 2 rings (SSSR count). The van der Waals surface area contributed by atoms with Crippen LogP contribution in [0.15, 0.2) is 10.5 Å². The van der Waals surface area contributed by atoms with Gasteiger partial charge in [0.1, 0.15) is 11.5 Å². The summed E-state index contributed by atoms with van der Waals surface area (Å²) in [7, 11) is 1.64. The number of carbonyl (C=O) groups excluding carboxylic acids is 2. The molecule has 0 radical (unpaired) electrons. The first-order valence-corrected chi connectivity index (χ1v) is 7.30. The number of aryl methyl sites for hydroxylation is 2. The van der Waals surface area contributed by atoms with E-state index in [1.807, 2.05) is 6.92 Å². The summed E-state index contributed by atoms with van der Waals surface area (Å²) in [5, 5.41) is 5.68. The van der Waals surface area contributed by atoms with Gasteiger partial charge < -0.3 is 15.1 Å². The maximum absolute atomic E-state index is 12.2. The van der Waals surface area contributed by atoms with Crippen molar-refractivity contribution in [2.24, 2.45) is 0 Å². The second kappa shape index (κ2) is 6.76. The fourth-order valence-corrected chi connectivity index (χ4v) is 2.64. The Bertz CT molecular complexity index is 516. The predicted octanol–water partition coefficient (Wildman–Crippen LogP) is 0.837. The van der Waals surface area contributed by atoms with Crippen LogP contribution in [0.3, 0.4) is 0 Å². The van der Waals surface area contributed by atoms with E-state index in [9.17, 15) is 9.59 Å². The van der Waals surface area contributed by atoms with Gasteiger partial charge in [0.2, 0.25) is 5.91 Å². The lowest BCUT2D eigenvalue weighted by atomic mass is 10.0. The number of likely N-dealkylation sites (N-methyl/N-ethyl adjacent to an activating group) is 1. The number of piperidine rings is 1. The van der Waals surface area contributed by atoms with E-state index in [0.717, 1.165) is 31.7 Å². The van der Waals surface area contributed by atoms with Crippen molar-refractivity contribution in [2.75, 3.05) is 26.7 Å². The monoisotopic (exact) mass is 293 g/mol. The molecule has 2 amide bonds. The summed E-state index contributed by atoms with van der Waals surface area (Å²) < 4.78 is 5.38. The predicted molar refractivity (Wildman–Crippen MR) is 79.2 cm³/mol. The van der Waals surface area contributed by atoms with E-state index in [0.29, 0.717) is 17.9 Å². The Morgan fingerprint density at radius 2 is 2.00 bits per heavy atom. The van der Waals surface area contributed by atoms with Gasteiger partial charge in [-0.05, 0) is 32.8 Å². The molecule has 2 N–H and O–H groups in total. The average Bonchev–Trinajstić information content (AvgIpc) is 2.80. The number of carbonyl (C=O) groups is 2. The lowest BCUT2D eigenvalue weighted by Crippen LogP contribution is -2.47. The summed E-state index contributed by atoms with van der Waals surface area (Å²) in [6, 6.07) is 1.93. The molecule has 0 aliphatic carbocycles. The zero-order chi connectivity index (χ0) is 15.4. The first kappa shape index (κ1) is 15.6. The van der Waals surface area contributed by atoms with Crippen molar-refractivity contribution < 1.29 is 14.0 Å². The van der Waals surface area contributed by atoms with Crippen LogP contribution >= 0.6 is 0 Å². The van der Waals surface area contributed by atoms with Gasteiger partial charge in [-0.2, -0.15) is 0 Å². The molecule has 1 aliphatic heterocycles. The number of nitrogens with zero attached hydrogens (tertiary/aromatic N) is 1. The van der Waals surface area contributed by atoms with Crippen molar-refractivity contribution >= 4 is 11.8 Å². The maximum atomic E-state index is 12.2. The molecule has 6 heteroatoms. The molecule has 1 saturated heterocycles. The number of nitrogens with one attached hydrogen (secondary N) is 2. The third-order valence-corrected chi connectivity index (χ3v) is 3.85. The first-order chi connectivity index (χ1) is 9.99. The second-order valence-corrected chi connectivity index (χ2v) is 5.52. The molecule has 1 aromatic heterocycles. The van der Waals surface area contributed by atoms with Crippen LogP contribution in [-0.2, 0) is 4.79 Å². The molecule has 1 aromatic rings. The summed E-state index contributed by atoms with van der Waals surface area (Å²) in [5.41, 5.74) is 0.611. The van der Waals surface area contributed by atoms with E-state index in [1.165, 1.54) is 0 Å². The highest BCUT2D eigenvalue weighted by Gasteiger charge is 2.23. The summed E-state index contributed by atoms with van der Waals surface area (Å²) in [6.07, 6.45) is 1.72. The lowest BCUT2D eigenvalue weighted by Gasteiger charge is -2.31. The van der Waals surface area contributed by atoms with Gasteiger partial charge in [-0.25, -0.2) is 0 Å². The topological polar surface area (TPSA) is 74.6 Å². The van der Waals surface area contributed by atoms with E-state index < -0.39 is 0 Å². The van der Waals surface area contributed by atoms with E-state index in [4.69, 9.17) is 4.42 Å². The number of rotatable bonds is 4. The largest absolute Gasteiger partial charge is 0.466 e. The molecular formula is C15H23N3O3. The highest BCUT2D eigenvalue weighted by atomic mass is 16.3. The molecule has 116 valence electrons. The molecule has 1 fully saturated rings. The van der Waals surface area contributed by atoms with Gasteiger partial charge in [-0.3, -0.25) is 14.5 Å². The van der Waals surface area contributed by atoms with Crippen molar-refractivity contribution in [1.29, 1.82) is 0 Å². The fourth-order valence-electron chi connectivity index (χ4n) is 2.64. The minimum atomic E-state index is -0.0749. The summed E-state index contributed by atoms with van der Waals surface area (Å²) in [6.45, 7) is 5.70. The van der Waals surface area contributed by atoms with Gasteiger partial charge in [0.25, 0.3) is 5.91 Å². The average molecular weight is 293 g/mol. The van der Waals surface area contributed by atoms with Gasteiger partial charge in [-0.15, -0.1) is 0 Å². The molecular weight excluding hydrogens is 270 g/mol. The normalized spacial score (nSPS) is 16.7. The van der Waals surface area contributed by atoms with Crippen LogP contribution in [0.5, 0.6) is 0 Å². The van der Waals surface area contributed by atoms with E-state index >= 15 is 0 Å². The Balaban J connectivity index is 1.82. The molecule has 21 heavy (non-hydrogen) atoms. The van der Waals surface area contributed by atoms with Crippen LogP contribution in [0.1, 0.15) is 34.7 Å². The Kier molecular flexibility index (Phi) is 5.01. The smallest absolute Gasteiger partial charge is 0.255 e. The SMILES string of the molecule is CNC(=O)CN1CCC(NC(=O)c2cc(C)oc2C)CC1. The van der Waals surface area contributed by atoms with Gasteiger partial charge in [-0.1, -0.05) is 0 Å². The zero-order valence-electron chi connectivity index (χ0n) is 12.9. The third-order valence-electron chi connectivity index (χ3n) is 3.85. The van der Waals surface area contributed by atoms with E-state index in [2.05, 4.69) is 15.5 Å². The maximum Gasteiger partial charge on any atom is 0.255 e. The molecule has 0 unspecified atom stereocenters. The van der Waals surface area contributed by atoms with E-state index in [-0.39, 0.29) is 17.9 Å². The molecule has 0 spiro atoms. The quantitative estimate of drug-likeness (QED) is 0.862. The van der Waals surface area contributed by atoms with Gasteiger partial charge in [0, 0.05) is 26.2 Å². The Morgan fingerprint density at radius 1 is 1.33 bits per heavy atom.